The molecule has 0 fully saturated rings. The van der Waals surface area contributed by atoms with Crippen molar-refractivity contribution in [2.45, 2.75) is 6.92 Å². The van der Waals surface area contributed by atoms with Gasteiger partial charge in [-0.15, -0.1) is 0 Å². The molecule has 0 aliphatic heterocycles. The molecule has 1 aromatic carbocycles. The third-order valence-corrected chi connectivity index (χ3v) is 2.96. The average molecular weight is 255 g/mol. The van der Waals surface area contributed by atoms with Crippen LogP contribution >= 0.6 is 0 Å². The van der Waals surface area contributed by atoms with Crippen LogP contribution in [0, 0.1) is 11.3 Å². The van der Waals surface area contributed by atoms with Crippen molar-refractivity contribution in [1.82, 2.24) is 4.98 Å². The molecule has 0 aliphatic carbocycles. The number of nitriles is 1. The van der Waals surface area contributed by atoms with E-state index in [0.29, 0.717) is 31.1 Å². The summed E-state index contributed by atoms with van der Waals surface area (Å²) in [6, 6.07) is 11.9. The topological polar surface area (TPSA) is 49.1 Å². The maximum absolute atomic E-state index is 9.25. The molecule has 0 radical (unpaired) electrons. The van der Waals surface area contributed by atoms with Gasteiger partial charge in [0.15, 0.2) is 0 Å². The summed E-state index contributed by atoms with van der Waals surface area (Å²) in [5, 5.41) is 10.2. The number of nitrogens with zero attached hydrogens (tertiary/aromatic N) is 3. The van der Waals surface area contributed by atoms with E-state index in [2.05, 4.69) is 11.1 Å². The highest BCUT2D eigenvalue weighted by molar-refractivity contribution is 5.82. The highest BCUT2D eigenvalue weighted by Gasteiger charge is 2.10. The van der Waals surface area contributed by atoms with Gasteiger partial charge in [0.1, 0.15) is 11.9 Å². The molecule has 1 aromatic heterocycles. The molecule has 0 saturated carbocycles. The monoisotopic (exact) mass is 255 g/mol. The van der Waals surface area contributed by atoms with Gasteiger partial charge in [-0.25, -0.2) is 4.98 Å². The van der Waals surface area contributed by atoms with E-state index in [-0.39, 0.29) is 0 Å². The SMILES string of the molecule is CCOCCN(C)c1nc2ccccc2cc1C#N. The molecule has 19 heavy (non-hydrogen) atoms. The number of hydrogen-bond acceptors (Lipinski definition) is 4. The van der Waals surface area contributed by atoms with E-state index in [4.69, 9.17) is 4.74 Å². The van der Waals surface area contributed by atoms with Crippen LogP contribution in [0.5, 0.6) is 0 Å². The Morgan fingerprint density at radius 2 is 2.16 bits per heavy atom. The molecule has 0 saturated heterocycles. The lowest BCUT2D eigenvalue weighted by molar-refractivity contribution is 0.154. The molecule has 0 amide bonds. The maximum atomic E-state index is 9.25. The molecule has 0 atom stereocenters. The van der Waals surface area contributed by atoms with Crippen LogP contribution in [-0.2, 0) is 4.74 Å². The first-order valence-corrected chi connectivity index (χ1v) is 6.35. The van der Waals surface area contributed by atoms with E-state index < -0.39 is 0 Å². The van der Waals surface area contributed by atoms with Gasteiger partial charge in [-0.1, -0.05) is 18.2 Å². The Morgan fingerprint density at radius 3 is 2.89 bits per heavy atom. The van der Waals surface area contributed by atoms with Crippen molar-refractivity contribution in [3.05, 3.63) is 35.9 Å². The van der Waals surface area contributed by atoms with Crippen molar-refractivity contribution >= 4 is 16.7 Å². The number of hydrogen-bond donors (Lipinski definition) is 0. The third kappa shape index (κ3) is 3.01. The summed E-state index contributed by atoms with van der Waals surface area (Å²) in [5.74, 6) is 0.709. The third-order valence-electron chi connectivity index (χ3n) is 2.96. The van der Waals surface area contributed by atoms with Gasteiger partial charge in [0.2, 0.25) is 0 Å². The van der Waals surface area contributed by atoms with Gasteiger partial charge in [0.05, 0.1) is 17.7 Å². The second-order valence-corrected chi connectivity index (χ2v) is 4.28. The van der Waals surface area contributed by atoms with Crippen LogP contribution in [0.4, 0.5) is 5.82 Å². The summed E-state index contributed by atoms with van der Waals surface area (Å²) < 4.78 is 5.33. The number of anilines is 1. The zero-order valence-electron chi connectivity index (χ0n) is 11.3. The van der Waals surface area contributed by atoms with Gasteiger partial charge in [-0.2, -0.15) is 5.26 Å². The number of ether oxygens (including phenoxy) is 1. The van der Waals surface area contributed by atoms with E-state index in [9.17, 15) is 5.26 Å². The Labute approximate surface area is 113 Å². The standard InChI is InChI=1S/C15H17N3O/c1-3-19-9-8-18(2)15-13(11-16)10-12-6-4-5-7-14(12)17-15/h4-7,10H,3,8-9H2,1-2H3. The Balaban J connectivity index is 2.33. The fourth-order valence-corrected chi connectivity index (χ4v) is 1.93. The van der Waals surface area contributed by atoms with Gasteiger partial charge in [-0.3, -0.25) is 0 Å². The largest absolute Gasteiger partial charge is 0.380 e. The van der Waals surface area contributed by atoms with E-state index in [0.717, 1.165) is 10.9 Å². The predicted octanol–water partition coefficient (Wildman–Crippen LogP) is 2.58. The Bertz CT molecular complexity index is 604. The van der Waals surface area contributed by atoms with Gasteiger partial charge in [-0.05, 0) is 19.1 Å². The average Bonchev–Trinajstić information content (AvgIpc) is 2.46. The van der Waals surface area contributed by atoms with Crippen molar-refractivity contribution in [2.24, 2.45) is 0 Å². The van der Waals surface area contributed by atoms with Gasteiger partial charge >= 0.3 is 0 Å². The molecule has 2 aromatic rings. The Kier molecular flexibility index (Phi) is 4.32. The quantitative estimate of drug-likeness (QED) is 0.770. The van der Waals surface area contributed by atoms with Crippen molar-refractivity contribution in [2.75, 3.05) is 31.7 Å². The van der Waals surface area contributed by atoms with Crippen molar-refractivity contribution in [3.8, 4) is 6.07 Å². The Morgan fingerprint density at radius 1 is 1.37 bits per heavy atom. The zero-order chi connectivity index (χ0) is 13.7. The molecular weight excluding hydrogens is 238 g/mol. The van der Waals surface area contributed by atoms with Crippen LogP contribution in [0.2, 0.25) is 0 Å². The Hall–Kier alpha value is -2.12. The van der Waals surface area contributed by atoms with Gasteiger partial charge in [0.25, 0.3) is 0 Å². The summed E-state index contributed by atoms with van der Waals surface area (Å²) in [5.41, 5.74) is 1.50. The normalized spacial score (nSPS) is 10.4. The summed E-state index contributed by atoms with van der Waals surface area (Å²) in [7, 11) is 1.93. The zero-order valence-corrected chi connectivity index (χ0v) is 11.3. The number of para-hydroxylation sites is 1. The molecule has 0 bridgehead atoms. The first kappa shape index (κ1) is 13.3. The molecule has 1 heterocycles. The molecule has 98 valence electrons. The number of likely N-dealkylation sites (N-methyl/N-ethyl adjacent to an activating group) is 1. The van der Waals surface area contributed by atoms with Crippen LogP contribution in [0.3, 0.4) is 0 Å². The molecule has 4 heteroatoms. The lowest BCUT2D eigenvalue weighted by Crippen LogP contribution is -2.24. The molecule has 0 unspecified atom stereocenters. The fraction of sp³-hybridized carbons (Fsp3) is 0.333. The van der Waals surface area contributed by atoms with Crippen LogP contribution in [0.1, 0.15) is 12.5 Å². The van der Waals surface area contributed by atoms with Crippen LogP contribution in [-0.4, -0.2) is 31.8 Å². The predicted molar refractivity (Wildman–Crippen MR) is 76.2 cm³/mol. The van der Waals surface area contributed by atoms with Crippen LogP contribution < -0.4 is 4.90 Å². The van der Waals surface area contributed by atoms with E-state index in [1.165, 1.54) is 0 Å². The summed E-state index contributed by atoms with van der Waals surface area (Å²) in [4.78, 5) is 6.53. The molecule has 4 nitrogen and oxygen atoms in total. The minimum Gasteiger partial charge on any atom is -0.380 e. The van der Waals surface area contributed by atoms with E-state index >= 15 is 0 Å². The number of benzene rings is 1. The molecule has 0 aliphatic rings. The van der Waals surface area contributed by atoms with Crippen LogP contribution in [0.25, 0.3) is 10.9 Å². The fourth-order valence-electron chi connectivity index (χ4n) is 1.93. The van der Waals surface area contributed by atoms with Gasteiger partial charge < -0.3 is 9.64 Å². The maximum Gasteiger partial charge on any atom is 0.147 e. The van der Waals surface area contributed by atoms with Crippen molar-refractivity contribution in [3.63, 3.8) is 0 Å². The summed E-state index contributed by atoms with van der Waals surface area (Å²) in [6.45, 7) is 4.01. The van der Waals surface area contributed by atoms with E-state index in [1.807, 2.05) is 49.2 Å². The minimum atomic E-state index is 0.595. The lowest BCUT2D eigenvalue weighted by atomic mass is 10.1. The number of aromatic nitrogens is 1. The summed E-state index contributed by atoms with van der Waals surface area (Å²) >= 11 is 0. The molecular formula is C15H17N3O. The van der Waals surface area contributed by atoms with E-state index in [1.54, 1.807) is 0 Å². The molecule has 2 rings (SSSR count). The molecule has 0 N–H and O–H groups in total. The van der Waals surface area contributed by atoms with Gasteiger partial charge in [0, 0.05) is 25.6 Å². The number of rotatable bonds is 5. The lowest BCUT2D eigenvalue weighted by Gasteiger charge is -2.19. The summed E-state index contributed by atoms with van der Waals surface area (Å²) in [6.07, 6.45) is 0. The van der Waals surface area contributed by atoms with Crippen LogP contribution in [0.15, 0.2) is 30.3 Å². The smallest absolute Gasteiger partial charge is 0.147 e. The highest BCUT2D eigenvalue weighted by atomic mass is 16.5. The minimum absolute atomic E-state index is 0.595. The first-order valence-electron chi connectivity index (χ1n) is 6.35. The highest BCUT2D eigenvalue weighted by Crippen LogP contribution is 2.22. The number of fused-ring (bicyclic) bond motifs is 1. The van der Waals surface area contributed by atoms with Crippen molar-refractivity contribution in [1.29, 1.82) is 5.26 Å². The second kappa shape index (κ2) is 6.17. The van der Waals surface area contributed by atoms with Crippen molar-refractivity contribution < 1.29 is 4.74 Å². The first-order chi connectivity index (χ1) is 9.26. The number of pyridine rings is 1. The molecule has 0 spiro atoms. The second-order valence-electron chi connectivity index (χ2n) is 4.28.